The van der Waals surface area contributed by atoms with Gasteiger partial charge in [-0.2, -0.15) is 13.2 Å². The van der Waals surface area contributed by atoms with Crippen molar-refractivity contribution in [3.8, 4) is 16.3 Å². The van der Waals surface area contributed by atoms with Crippen LogP contribution in [0.1, 0.15) is 43.7 Å². The molecule has 2 atom stereocenters. The Morgan fingerprint density at radius 3 is 2.56 bits per heavy atom. The van der Waals surface area contributed by atoms with Crippen LogP contribution < -0.4 is 10.5 Å². The Morgan fingerprint density at radius 1 is 1.16 bits per heavy atom. The molecule has 0 aliphatic rings. The SMILES string of the molecule is CCCCCOCCOc1ccc(-c2nnc([C@@](C)(N)COP(C)O)s2)cc1C(F)(F)F. The highest BCUT2D eigenvalue weighted by molar-refractivity contribution is 7.45. The molecule has 0 aliphatic heterocycles. The zero-order valence-electron chi connectivity index (χ0n) is 18.3. The summed E-state index contributed by atoms with van der Waals surface area (Å²) in [6.07, 6.45) is -1.57. The molecule has 0 saturated carbocycles. The molecule has 0 saturated heterocycles. The molecule has 32 heavy (non-hydrogen) atoms. The minimum Gasteiger partial charge on any atom is -0.491 e. The lowest BCUT2D eigenvalue weighted by atomic mass is 10.1. The predicted octanol–water partition coefficient (Wildman–Crippen LogP) is 4.93. The molecular weight excluding hydrogens is 466 g/mol. The lowest BCUT2D eigenvalue weighted by Crippen LogP contribution is -2.37. The molecule has 1 aromatic carbocycles. The summed E-state index contributed by atoms with van der Waals surface area (Å²) >= 11 is 1.07. The fraction of sp³-hybridized carbons (Fsp3) is 0.600. The quantitative estimate of drug-likeness (QED) is 0.300. The van der Waals surface area contributed by atoms with Crippen LogP contribution in [0.3, 0.4) is 0 Å². The first-order chi connectivity index (χ1) is 15.0. The second-order valence-corrected chi connectivity index (χ2v) is 9.61. The van der Waals surface area contributed by atoms with Crippen LogP contribution in [0.5, 0.6) is 5.75 Å². The molecule has 2 aromatic rings. The van der Waals surface area contributed by atoms with Crippen molar-refractivity contribution in [2.45, 2.75) is 44.8 Å². The second kappa shape index (κ2) is 12.2. The summed E-state index contributed by atoms with van der Waals surface area (Å²) in [5.41, 5.74) is 4.49. The maximum Gasteiger partial charge on any atom is 0.419 e. The van der Waals surface area contributed by atoms with Gasteiger partial charge in [0.2, 0.25) is 0 Å². The number of hydrogen-bond acceptors (Lipinski definition) is 8. The largest absolute Gasteiger partial charge is 0.491 e. The van der Waals surface area contributed by atoms with Gasteiger partial charge in [0, 0.05) is 18.8 Å². The Morgan fingerprint density at radius 2 is 1.91 bits per heavy atom. The van der Waals surface area contributed by atoms with Gasteiger partial charge in [-0.25, -0.2) is 0 Å². The van der Waals surface area contributed by atoms with Crippen LogP contribution >= 0.6 is 19.7 Å². The smallest absolute Gasteiger partial charge is 0.419 e. The highest BCUT2D eigenvalue weighted by Crippen LogP contribution is 2.40. The van der Waals surface area contributed by atoms with Crippen molar-refractivity contribution in [1.29, 1.82) is 0 Å². The molecular formula is C20H29F3N3O4PS. The number of nitrogens with two attached hydrogens (primary N) is 1. The van der Waals surface area contributed by atoms with Gasteiger partial charge in [0.1, 0.15) is 22.4 Å². The van der Waals surface area contributed by atoms with Gasteiger partial charge in [0.25, 0.3) is 0 Å². The normalized spacial score (nSPS) is 14.9. The number of alkyl halides is 3. The number of halogens is 3. The molecule has 0 spiro atoms. The van der Waals surface area contributed by atoms with Crippen molar-refractivity contribution in [1.82, 2.24) is 10.2 Å². The summed E-state index contributed by atoms with van der Waals surface area (Å²) in [5, 5.41) is 8.67. The van der Waals surface area contributed by atoms with Gasteiger partial charge in [0.15, 0.2) is 8.38 Å². The van der Waals surface area contributed by atoms with E-state index in [0.717, 1.165) is 36.7 Å². The Hall–Kier alpha value is -1.36. The second-order valence-electron chi connectivity index (χ2n) is 7.44. The summed E-state index contributed by atoms with van der Waals surface area (Å²) < 4.78 is 56.8. The van der Waals surface area contributed by atoms with Crippen LogP contribution in [0.4, 0.5) is 13.2 Å². The van der Waals surface area contributed by atoms with E-state index in [9.17, 15) is 18.1 Å². The number of rotatable bonds is 13. The van der Waals surface area contributed by atoms with Crippen LogP contribution in [0.15, 0.2) is 18.2 Å². The van der Waals surface area contributed by atoms with Crippen molar-refractivity contribution in [2.75, 3.05) is 33.1 Å². The number of unbranched alkanes of at least 4 members (excludes halogenated alkanes) is 2. The fourth-order valence-corrected chi connectivity index (χ4v) is 3.98. The molecule has 1 unspecified atom stereocenters. The molecule has 0 fully saturated rings. The van der Waals surface area contributed by atoms with E-state index in [0.29, 0.717) is 11.6 Å². The third kappa shape index (κ3) is 8.20. The van der Waals surface area contributed by atoms with Crippen molar-refractivity contribution in [3.05, 3.63) is 28.8 Å². The van der Waals surface area contributed by atoms with Crippen LogP contribution in [-0.2, 0) is 21.0 Å². The lowest BCUT2D eigenvalue weighted by Gasteiger charge is -2.21. The maximum atomic E-state index is 13.6. The maximum absolute atomic E-state index is 13.6. The molecule has 0 aliphatic carbocycles. The fourth-order valence-electron chi connectivity index (χ4n) is 2.64. The summed E-state index contributed by atoms with van der Waals surface area (Å²) in [7, 11) is -1.60. The zero-order chi connectivity index (χ0) is 23.8. The van der Waals surface area contributed by atoms with E-state index in [2.05, 4.69) is 17.1 Å². The molecule has 0 radical (unpaired) electrons. The first kappa shape index (κ1) is 26.9. The van der Waals surface area contributed by atoms with Gasteiger partial charge in [-0.15, -0.1) is 10.2 Å². The van der Waals surface area contributed by atoms with Gasteiger partial charge in [-0.1, -0.05) is 31.1 Å². The summed E-state index contributed by atoms with van der Waals surface area (Å²) in [5.74, 6) is -0.264. The number of benzene rings is 1. The zero-order valence-corrected chi connectivity index (χ0v) is 20.0. The molecule has 2 rings (SSSR count). The highest BCUT2D eigenvalue weighted by atomic mass is 32.1. The van der Waals surface area contributed by atoms with Crippen molar-refractivity contribution >= 4 is 19.7 Å². The Bertz CT molecular complexity index is 850. The van der Waals surface area contributed by atoms with Crippen molar-refractivity contribution < 1.29 is 32.1 Å². The Balaban J connectivity index is 2.11. The Kier molecular flexibility index (Phi) is 10.3. The van der Waals surface area contributed by atoms with Gasteiger partial charge in [-0.3, -0.25) is 0 Å². The first-order valence-electron chi connectivity index (χ1n) is 10.1. The lowest BCUT2D eigenvalue weighted by molar-refractivity contribution is -0.139. The average Bonchev–Trinajstić information content (AvgIpc) is 3.22. The molecule has 3 N–H and O–H groups in total. The van der Waals surface area contributed by atoms with Crippen LogP contribution in [0.25, 0.3) is 10.6 Å². The van der Waals surface area contributed by atoms with E-state index in [4.69, 9.17) is 19.7 Å². The number of nitrogens with zero attached hydrogens (tertiary/aromatic N) is 2. The number of hydrogen-bond donors (Lipinski definition) is 2. The standard InChI is InChI=1S/C20H29F3N3O4PS/c1-4-5-6-9-28-10-11-29-16-8-7-14(12-15(16)20(21,22)23)17-25-26-18(32-17)19(2,24)13-30-31(3)27/h7-8,12,27H,4-6,9-11,13,24H2,1-3H3/t19-,31?/m0/s1. The van der Waals surface area contributed by atoms with E-state index < -0.39 is 25.7 Å². The van der Waals surface area contributed by atoms with E-state index in [1.165, 1.54) is 18.8 Å². The monoisotopic (exact) mass is 495 g/mol. The summed E-state index contributed by atoms with van der Waals surface area (Å²) in [6.45, 7) is 6.04. The van der Waals surface area contributed by atoms with Gasteiger partial charge < -0.3 is 24.6 Å². The topological polar surface area (TPSA) is 99.7 Å². The predicted molar refractivity (Wildman–Crippen MR) is 119 cm³/mol. The molecule has 1 heterocycles. The first-order valence-corrected chi connectivity index (χ1v) is 12.6. The van der Waals surface area contributed by atoms with E-state index in [-0.39, 0.29) is 36.1 Å². The van der Waals surface area contributed by atoms with Gasteiger partial charge >= 0.3 is 6.18 Å². The average molecular weight is 496 g/mol. The van der Waals surface area contributed by atoms with E-state index in [1.807, 2.05) is 0 Å². The molecule has 12 heteroatoms. The molecule has 0 amide bonds. The highest BCUT2D eigenvalue weighted by Gasteiger charge is 2.35. The third-order valence-corrected chi connectivity index (χ3v) is 6.13. The van der Waals surface area contributed by atoms with Gasteiger partial charge in [-0.05, 0) is 31.5 Å². The van der Waals surface area contributed by atoms with Crippen molar-refractivity contribution in [3.63, 3.8) is 0 Å². The van der Waals surface area contributed by atoms with Crippen LogP contribution in [0, 0.1) is 0 Å². The van der Waals surface area contributed by atoms with E-state index in [1.54, 1.807) is 6.92 Å². The van der Waals surface area contributed by atoms with Crippen LogP contribution in [0.2, 0.25) is 0 Å². The van der Waals surface area contributed by atoms with E-state index >= 15 is 0 Å². The molecule has 7 nitrogen and oxygen atoms in total. The summed E-state index contributed by atoms with van der Waals surface area (Å²) in [6, 6.07) is 3.77. The summed E-state index contributed by atoms with van der Waals surface area (Å²) in [4.78, 5) is 9.33. The molecule has 180 valence electrons. The molecule has 1 aromatic heterocycles. The van der Waals surface area contributed by atoms with Crippen LogP contribution in [-0.4, -0.2) is 48.2 Å². The number of ether oxygens (including phenoxy) is 2. The molecule has 0 bridgehead atoms. The van der Waals surface area contributed by atoms with Crippen molar-refractivity contribution in [2.24, 2.45) is 5.73 Å². The number of aromatic nitrogens is 2. The Labute approximate surface area is 191 Å². The third-order valence-electron chi connectivity index (χ3n) is 4.37. The van der Waals surface area contributed by atoms with Gasteiger partial charge in [0.05, 0.1) is 24.3 Å². The minimum atomic E-state index is -4.60. The minimum absolute atomic E-state index is 0.00142.